The molecule has 5 heteroatoms. The zero-order valence-corrected chi connectivity index (χ0v) is 12.5. The Morgan fingerprint density at radius 2 is 1.83 bits per heavy atom. The van der Waals surface area contributed by atoms with E-state index in [0.717, 1.165) is 37.5 Å². The van der Waals surface area contributed by atoms with Crippen molar-refractivity contribution in [2.45, 2.75) is 13.8 Å². The second-order valence-electron chi connectivity index (χ2n) is 4.56. The Bertz CT molecular complexity index is 452. The van der Waals surface area contributed by atoms with Crippen LogP contribution in [-0.4, -0.2) is 51.8 Å². The van der Waals surface area contributed by atoms with Crippen LogP contribution >= 0.6 is 12.2 Å². The predicted molar refractivity (Wildman–Crippen MR) is 77.9 cm³/mol. The summed E-state index contributed by atoms with van der Waals surface area (Å²) in [6, 6.07) is 0. The number of anilines is 1. The monoisotopic (exact) mass is 270 g/mol. The fourth-order valence-corrected chi connectivity index (χ4v) is 1.94. The second kappa shape index (κ2) is 6.97. The summed E-state index contributed by atoms with van der Waals surface area (Å²) in [7, 11) is 3.97. The van der Waals surface area contributed by atoms with Gasteiger partial charge in [0.2, 0.25) is 5.43 Å². The molecule has 0 amide bonds. The normalized spacial score (nSPS) is 11.4. The smallest absolute Gasteiger partial charge is 0.220 e. The Labute approximate surface area is 114 Å². The minimum Gasteiger partial charge on any atom is -0.378 e. The topological polar surface area (TPSA) is 32.8 Å². The SMILES string of the molecule is CCN(C)CCOCCN(C)c1c(C)c(=S)c1=O. The molecule has 1 aromatic carbocycles. The van der Waals surface area contributed by atoms with E-state index < -0.39 is 0 Å². The van der Waals surface area contributed by atoms with E-state index in [1.54, 1.807) is 0 Å². The summed E-state index contributed by atoms with van der Waals surface area (Å²) < 4.78 is 6.02. The molecule has 0 aliphatic heterocycles. The molecule has 0 aliphatic rings. The van der Waals surface area contributed by atoms with E-state index in [4.69, 9.17) is 17.0 Å². The van der Waals surface area contributed by atoms with E-state index in [-0.39, 0.29) is 5.43 Å². The first kappa shape index (κ1) is 15.3. The standard InChI is InChI=1S/C13H22N2O2S/c1-5-14(3)6-8-17-9-7-15(4)11-10(2)13(18)12(11)16/h5-9H2,1-4H3. The van der Waals surface area contributed by atoms with Gasteiger partial charge in [0, 0.05) is 20.1 Å². The van der Waals surface area contributed by atoms with Crippen molar-refractivity contribution in [3.63, 3.8) is 0 Å². The van der Waals surface area contributed by atoms with Crippen LogP contribution in [0.3, 0.4) is 0 Å². The molecule has 0 radical (unpaired) electrons. The third kappa shape index (κ3) is 3.60. The minimum atomic E-state index is -0.00397. The molecule has 0 spiro atoms. The van der Waals surface area contributed by atoms with E-state index in [2.05, 4.69) is 18.9 Å². The zero-order chi connectivity index (χ0) is 13.7. The largest absolute Gasteiger partial charge is 0.378 e. The molecular weight excluding hydrogens is 248 g/mol. The molecule has 0 atom stereocenters. The highest BCUT2D eigenvalue weighted by atomic mass is 32.1. The maximum Gasteiger partial charge on any atom is 0.220 e. The average Bonchev–Trinajstić information content (AvgIpc) is 2.37. The Morgan fingerprint density at radius 3 is 2.39 bits per heavy atom. The number of hydrogen-bond acceptors (Lipinski definition) is 5. The minimum absolute atomic E-state index is 0.00397. The van der Waals surface area contributed by atoms with Crippen molar-refractivity contribution in [1.82, 2.24) is 4.90 Å². The molecule has 0 bridgehead atoms. The highest BCUT2D eigenvalue weighted by molar-refractivity contribution is 7.71. The van der Waals surface area contributed by atoms with Crippen molar-refractivity contribution in [2.75, 3.05) is 51.8 Å². The Hall–Kier alpha value is -0.780. The lowest BCUT2D eigenvalue weighted by molar-refractivity contribution is 0.118. The summed E-state index contributed by atoms with van der Waals surface area (Å²) in [6.07, 6.45) is 0. The molecule has 0 fully saturated rings. The third-order valence-corrected chi connectivity index (χ3v) is 3.72. The van der Waals surface area contributed by atoms with Crippen LogP contribution in [0.4, 0.5) is 5.69 Å². The lowest BCUT2D eigenvalue weighted by Crippen LogP contribution is -2.32. The zero-order valence-electron chi connectivity index (χ0n) is 11.7. The molecule has 0 N–H and O–H groups in total. The maximum atomic E-state index is 11.5. The van der Waals surface area contributed by atoms with E-state index in [0.29, 0.717) is 11.1 Å². The average molecular weight is 270 g/mol. The van der Waals surface area contributed by atoms with E-state index in [9.17, 15) is 4.79 Å². The number of nitrogens with zero attached hydrogens (tertiary/aromatic N) is 2. The summed E-state index contributed by atoms with van der Waals surface area (Å²) in [5.74, 6) is 0. The summed E-state index contributed by atoms with van der Waals surface area (Å²) >= 11 is 4.95. The van der Waals surface area contributed by atoms with Gasteiger partial charge in [0.15, 0.2) is 0 Å². The number of ether oxygens (including phenoxy) is 1. The van der Waals surface area contributed by atoms with Gasteiger partial charge in [-0.15, -0.1) is 0 Å². The van der Waals surface area contributed by atoms with Crippen LogP contribution in [0, 0.1) is 11.4 Å². The highest BCUT2D eigenvalue weighted by Crippen LogP contribution is 2.17. The lowest BCUT2D eigenvalue weighted by atomic mass is 10.1. The van der Waals surface area contributed by atoms with Crippen LogP contribution in [0.15, 0.2) is 4.79 Å². The lowest BCUT2D eigenvalue weighted by Gasteiger charge is -2.22. The first-order chi connectivity index (χ1) is 8.49. The highest BCUT2D eigenvalue weighted by Gasteiger charge is 2.16. The number of likely N-dealkylation sites (N-methyl/N-ethyl adjacent to an activating group) is 2. The van der Waals surface area contributed by atoms with Crippen LogP contribution in [0.2, 0.25) is 0 Å². The van der Waals surface area contributed by atoms with E-state index in [1.807, 2.05) is 18.9 Å². The van der Waals surface area contributed by atoms with Crippen LogP contribution in [0.5, 0.6) is 0 Å². The number of rotatable bonds is 8. The summed E-state index contributed by atoms with van der Waals surface area (Å²) in [5.41, 5.74) is 1.67. The summed E-state index contributed by atoms with van der Waals surface area (Å²) in [6.45, 7) is 8.05. The third-order valence-electron chi connectivity index (χ3n) is 3.23. The molecule has 0 unspecified atom stereocenters. The van der Waals surface area contributed by atoms with Gasteiger partial charge in [-0.2, -0.15) is 0 Å². The van der Waals surface area contributed by atoms with Gasteiger partial charge in [0.05, 0.1) is 23.4 Å². The molecular formula is C13H22N2O2S. The van der Waals surface area contributed by atoms with Gasteiger partial charge in [0.1, 0.15) is 0 Å². The first-order valence-corrected chi connectivity index (χ1v) is 6.67. The molecule has 1 aromatic rings. The Balaban J connectivity index is 2.25. The van der Waals surface area contributed by atoms with Crippen LogP contribution in [-0.2, 0) is 4.74 Å². The van der Waals surface area contributed by atoms with Gasteiger partial charge >= 0.3 is 0 Å². The van der Waals surface area contributed by atoms with Crippen molar-refractivity contribution in [1.29, 1.82) is 0 Å². The van der Waals surface area contributed by atoms with Gasteiger partial charge < -0.3 is 14.5 Å². The fraction of sp³-hybridized carbons (Fsp3) is 0.692. The van der Waals surface area contributed by atoms with Crippen molar-refractivity contribution < 1.29 is 4.74 Å². The summed E-state index contributed by atoms with van der Waals surface area (Å²) in [5, 5.41) is 0. The van der Waals surface area contributed by atoms with E-state index >= 15 is 0 Å². The second-order valence-corrected chi connectivity index (χ2v) is 4.97. The fourth-order valence-electron chi connectivity index (χ4n) is 1.75. The van der Waals surface area contributed by atoms with Crippen molar-refractivity contribution in [3.05, 3.63) is 20.3 Å². The first-order valence-electron chi connectivity index (χ1n) is 6.26. The summed E-state index contributed by atoms with van der Waals surface area (Å²) in [4.78, 5) is 15.7. The Kier molecular flexibility index (Phi) is 5.91. The molecule has 0 saturated heterocycles. The van der Waals surface area contributed by atoms with Crippen molar-refractivity contribution in [3.8, 4) is 0 Å². The molecule has 18 heavy (non-hydrogen) atoms. The van der Waals surface area contributed by atoms with Gasteiger partial charge in [-0.3, -0.25) is 4.79 Å². The molecule has 0 heterocycles. The molecule has 0 aromatic heterocycles. The van der Waals surface area contributed by atoms with Gasteiger partial charge in [0.25, 0.3) is 0 Å². The maximum absolute atomic E-state index is 11.5. The van der Waals surface area contributed by atoms with E-state index in [1.165, 1.54) is 0 Å². The molecule has 0 aliphatic carbocycles. The quantitative estimate of drug-likeness (QED) is 0.526. The Morgan fingerprint density at radius 1 is 1.22 bits per heavy atom. The van der Waals surface area contributed by atoms with Crippen molar-refractivity contribution >= 4 is 17.9 Å². The molecule has 102 valence electrons. The van der Waals surface area contributed by atoms with Crippen LogP contribution in [0.25, 0.3) is 0 Å². The molecule has 0 saturated carbocycles. The predicted octanol–water partition coefficient (Wildman–Crippen LogP) is 1.36. The van der Waals surface area contributed by atoms with Crippen LogP contribution in [0.1, 0.15) is 12.5 Å². The molecule has 4 nitrogen and oxygen atoms in total. The van der Waals surface area contributed by atoms with Crippen molar-refractivity contribution in [2.24, 2.45) is 0 Å². The molecule has 1 rings (SSSR count). The van der Waals surface area contributed by atoms with Gasteiger partial charge in [-0.05, 0) is 26.1 Å². The van der Waals surface area contributed by atoms with Crippen LogP contribution < -0.4 is 10.3 Å². The van der Waals surface area contributed by atoms with Gasteiger partial charge in [-0.1, -0.05) is 19.1 Å². The van der Waals surface area contributed by atoms with Gasteiger partial charge in [-0.25, -0.2) is 0 Å². The number of hydrogen-bond donors (Lipinski definition) is 0.